The highest BCUT2D eigenvalue weighted by molar-refractivity contribution is 5.71. The molecule has 0 aliphatic rings. The Balaban J connectivity index is 4.33. The van der Waals surface area contributed by atoms with E-state index in [1.165, 1.54) is 231 Å². The quantitative estimate of drug-likeness (QED) is 0.0261. The first kappa shape index (κ1) is 76.1. The van der Waals surface area contributed by atoms with Crippen molar-refractivity contribution in [3.63, 3.8) is 0 Å². The first-order valence-electron chi connectivity index (χ1n) is 34.8. The molecule has 0 saturated carbocycles. The lowest BCUT2D eigenvalue weighted by atomic mass is 10.0. The summed E-state index contributed by atoms with van der Waals surface area (Å²) in [5.74, 6) is -0.890. The third-order valence-electron chi connectivity index (χ3n) is 15.5. The molecule has 0 amide bonds. The van der Waals surface area contributed by atoms with Crippen LogP contribution in [0.15, 0.2) is 60.8 Å². The van der Waals surface area contributed by atoms with E-state index in [9.17, 15) is 14.4 Å². The fourth-order valence-corrected chi connectivity index (χ4v) is 10.4. The second-order valence-corrected chi connectivity index (χ2v) is 23.4. The number of allylic oxidation sites excluding steroid dienone is 10. The van der Waals surface area contributed by atoms with Gasteiger partial charge in [-0.3, -0.25) is 14.4 Å². The van der Waals surface area contributed by atoms with Crippen LogP contribution in [0.3, 0.4) is 0 Å². The summed E-state index contributed by atoms with van der Waals surface area (Å²) in [5, 5.41) is 0. The van der Waals surface area contributed by atoms with E-state index < -0.39 is 6.10 Å². The molecule has 1 unspecified atom stereocenters. The van der Waals surface area contributed by atoms with Gasteiger partial charge >= 0.3 is 17.9 Å². The zero-order valence-electron chi connectivity index (χ0n) is 52.9. The lowest BCUT2D eigenvalue weighted by Crippen LogP contribution is -2.30. The summed E-state index contributed by atoms with van der Waals surface area (Å²) in [5.41, 5.74) is 0. The maximum atomic E-state index is 12.9. The number of carbonyl (C=O) groups excluding carboxylic acids is 3. The van der Waals surface area contributed by atoms with Gasteiger partial charge in [-0.05, 0) is 64.2 Å². The van der Waals surface area contributed by atoms with Crippen LogP contribution in [0, 0.1) is 0 Å². The number of ether oxygens (including phenoxy) is 3. The molecule has 0 radical (unpaired) electrons. The third-order valence-corrected chi connectivity index (χ3v) is 15.5. The van der Waals surface area contributed by atoms with Gasteiger partial charge in [-0.1, -0.05) is 345 Å². The molecule has 1 atom stereocenters. The minimum atomic E-state index is -0.790. The van der Waals surface area contributed by atoms with Crippen LogP contribution in [0.2, 0.25) is 0 Å². The van der Waals surface area contributed by atoms with Crippen LogP contribution in [-0.4, -0.2) is 37.2 Å². The Kier molecular flexibility index (Phi) is 65.1. The fraction of sp³-hybridized carbons (Fsp3) is 0.822. The average Bonchev–Trinajstić information content (AvgIpc) is 3.45. The molecule has 0 aromatic carbocycles. The van der Waals surface area contributed by atoms with Crippen molar-refractivity contribution in [1.82, 2.24) is 0 Å². The Morgan fingerprint density at radius 1 is 0.266 bits per heavy atom. The second kappa shape index (κ2) is 67.6. The first-order chi connectivity index (χ1) is 39.0. The molecule has 6 nitrogen and oxygen atoms in total. The van der Waals surface area contributed by atoms with Crippen molar-refractivity contribution in [2.75, 3.05) is 13.2 Å². The highest BCUT2D eigenvalue weighted by Crippen LogP contribution is 2.18. The van der Waals surface area contributed by atoms with Gasteiger partial charge < -0.3 is 14.2 Å². The smallest absolute Gasteiger partial charge is 0.306 e. The molecule has 0 bridgehead atoms. The van der Waals surface area contributed by atoms with E-state index >= 15 is 0 Å². The molecule has 0 heterocycles. The van der Waals surface area contributed by atoms with Crippen molar-refractivity contribution in [1.29, 1.82) is 0 Å². The van der Waals surface area contributed by atoms with Crippen molar-refractivity contribution in [3.8, 4) is 0 Å². The molecular weight excluding hydrogens is 973 g/mol. The normalized spacial score (nSPS) is 12.4. The molecule has 0 aromatic heterocycles. The number of hydrogen-bond acceptors (Lipinski definition) is 6. The second-order valence-electron chi connectivity index (χ2n) is 23.4. The van der Waals surface area contributed by atoms with Crippen molar-refractivity contribution in [2.24, 2.45) is 0 Å². The predicted molar refractivity (Wildman–Crippen MR) is 344 cm³/mol. The van der Waals surface area contributed by atoms with Crippen LogP contribution in [-0.2, 0) is 28.6 Å². The predicted octanol–water partition coefficient (Wildman–Crippen LogP) is 23.9. The molecule has 79 heavy (non-hydrogen) atoms. The van der Waals surface area contributed by atoms with E-state index in [1.807, 2.05) is 0 Å². The maximum absolute atomic E-state index is 12.9. The van der Waals surface area contributed by atoms with E-state index in [4.69, 9.17) is 14.2 Å². The molecule has 460 valence electrons. The molecule has 6 heteroatoms. The van der Waals surface area contributed by atoms with Gasteiger partial charge in [-0.15, -0.1) is 0 Å². The van der Waals surface area contributed by atoms with Crippen LogP contribution < -0.4 is 0 Å². The zero-order chi connectivity index (χ0) is 57.1. The number of hydrogen-bond donors (Lipinski definition) is 0. The van der Waals surface area contributed by atoms with Gasteiger partial charge in [0.2, 0.25) is 0 Å². The lowest BCUT2D eigenvalue weighted by Gasteiger charge is -2.18. The Bertz CT molecular complexity index is 1410. The van der Waals surface area contributed by atoms with Crippen LogP contribution in [0.5, 0.6) is 0 Å². The first-order valence-corrected chi connectivity index (χ1v) is 34.8. The van der Waals surface area contributed by atoms with Crippen LogP contribution >= 0.6 is 0 Å². The topological polar surface area (TPSA) is 78.9 Å². The summed E-state index contributed by atoms with van der Waals surface area (Å²) < 4.78 is 17.0. The van der Waals surface area contributed by atoms with Gasteiger partial charge in [-0.25, -0.2) is 0 Å². The third kappa shape index (κ3) is 65.8. The summed E-state index contributed by atoms with van der Waals surface area (Å²) in [6, 6.07) is 0. The number of carbonyl (C=O) groups is 3. The highest BCUT2D eigenvalue weighted by Gasteiger charge is 2.19. The summed E-state index contributed by atoms with van der Waals surface area (Å²) >= 11 is 0. The van der Waals surface area contributed by atoms with Gasteiger partial charge in [0.05, 0.1) is 0 Å². The molecule has 0 rings (SSSR count). The van der Waals surface area contributed by atoms with Crippen molar-refractivity contribution in [3.05, 3.63) is 60.8 Å². The van der Waals surface area contributed by atoms with E-state index in [-0.39, 0.29) is 31.1 Å². The van der Waals surface area contributed by atoms with E-state index in [0.717, 1.165) is 96.3 Å². The summed E-state index contributed by atoms with van der Waals surface area (Å²) in [6.07, 6.45) is 86.8. The number of rotatable bonds is 64. The maximum Gasteiger partial charge on any atom is 0.306 e. The van der Waals surface area contributed by atoms with Crippen molar-refractivity contribution < 1.29 is 28.6 Å². The SMILES string of the molecule is CC/C=C\C/C=C\C/C=C\C/C=C\C/C=C\CCCCCC(=O)OC(COC(=O)CCCCCCCCCCCCCCCCCCC)COC(=O)CCCCCCCCCCCCCCCCCCCCCCCCCCC. The van der Waals surface area contributed by atoms with Gasteiger partial charge in [-0.2, -0.15) is 0 Å². The lowest BCUT2D eigenvalue weighted by molar-refractivity contribution is -0.167. The fourth-order valence-electron chi connectivity index (χ4n) is 10.4. The van der Waals surface area contributed by atoms with Gasteiger partial charge in [0, 0.05) is 19.3 Å². The summed E-state index contributed by atoms with van der Waals surface area (Å²) in [7, 11) is 0. The Hall–Kier alpha value is -2.89. The Morgan fingerprint density at radius 3 is 0.772 bits per heavy atom. The Labute approximate surface area is 491 Å². The molecule has 0 aliphatic carbocycles. The van der Waals surface area contributed by atoms with Gasteiger partial charge in [0.1, 0.15) is 13.2 Å². The standard InChI is InChI=1S/C73H132O6/c1-4-7-10-13-16-19-22-25-28-31-33-34-35-36-37-38-40-42-45-48-51-54-57-60-63-66-72(75)78-69-70(68-77-71(74)65-62-59-56-53-50-47-44-41-30-27-24-21-18-15-12-9-6-3)79-73(76)67-64-61-58-55-52-49-46-43-39-32-29-26-23-20-17-14-11-8-5-2/h8,11,17,20,26,29,39,43,49,52,70H,4-7,9-10,12-16,18-19,21-25,27-28,30-38,40-42,44-48,50-51,53-69H2,1-3H3/b11-8-,20-17-,29-26-,43-39-,52-49-. The Morgan fingerprint density at radius 2 is 0.494 bits per heavy atom. The summed E-state index contributed by atoms with van der Waals surface area (Å²) in [4.78, 5) is 38.4. The van der Waals surface area contributed by atoms with Crippen molar-refractivity contribution in [2.45, 2.75) is 374 Å². The number of esters is 3. The molecule has 0 spiro atoms. The van der Waals surface area contributed by atoms with Crippen molar-refractivity contribution >= 4 is 17.9 Å². The zero-order valence-corrected chi connectivity index (χ0v) is 52.9. The monoisotopic (exact) mass is 1110 g/mol. The van der Waals surface area contributed by atoms with E-state index in [1.54, 1.807) is 0 Å². The molecule has 0 N–H and O–H groups in total. The molecule has 0 aromatic rings. The largest absolute Gasteiger partial charge is 0.462 e. The van der Waals surface area contributed by atoms with Gasteiger partial charge in [0.25, 0.3) is 0 Å². The van der Waals surface area contributed by atoms with Gasteiger partial charge in [0.15, 0.2) is 6.10 Å². The van der Waals surface area contributed by atoms with Crippen LogP contribution in [0.4, 0.5) is 0 Å². The highest BCUT2D eigenvalue weighted by atomic mass is 16.6. The van der Waals surface area contributed by atoms with E-state index in [0.29, 0.717) is 19.3 Å². The van der Waals surface area contributed by atoms with Crippen LogP contribution in [0.25, 0.3) is 0 Å². The molecule has 0 aliphatic heterocycles. The molecule has 0 fully saturated rings. The van der Waals surface area contributed by atoms with E-state index in [2.05, 4.69) is 81.5 Å². The minimum Gasteiger partial charge on any atom is -0.462 e. The average molecular weight is 1110 g/mol. The minimum absolute atomic E-state index is 0.0828. The molecular formula is C73H132O6. The molecule has 0 saturated heterocycles. The van der Waals surface area contributed by atoms with Crippen LogP contribution in [0.1, 0.15) is 367 Å². The number of unbranched alkanes of at least 4 members (excludes halogenated alkanes) is 43. The summed E-state index contributed by atoms with van der Waals surface area (Å²) in [6.45, 7) is 6.57.